The molecule has 0 unspecified atom stereocenters. The van der Waals surface area contributed by atoms with Crippen LogP contribution in [0.15, 0.2) is 22.7 Å². The molecule has 0 amide bonds. The lowest BCUT2D eigenvalue weighted by Crippen LogP contribution is -2.42. The van der Waals surface area contributed by atoms with Crippen LogP contribution in [0.2, 0.25) is 10.0 Å². The molecule has 1 fully saturated rings. The van der Waals surface area contributed by atoms with Crippen LogP contribution in [0.1, 0.15) is 5.89 Å². The molecule has 5 nitrogen and oxygen atoms in total. The Labute approximate surface area is 126 Å². The van der Waals surface area contributed by atoms with Crippen molar-refractivity contribution < 1.29 is 4.52 Å². The zero-order chi connectivity index (χ0) is 13.9. The van der Waals surface area contributed by atoms with Gasteiger partial charge in [-0.2, -0.15) is 4.98 Å². The SMILES string of the molecule is Clc1cc(Cl)cc(-c2noc(CN3CCNCC3)n2)c1. The van der Waals surface area contributed by atoms with Crippen molar-refractivity contribution in [3.8, 4) is 11.4 Å². The van der Waals surface area contributed by atoms with Gasteiger partial charge in [-0.05, 0) is 18.2 Å². The third kappa shape index (κ3) is 3.30. The maximum atomic E-state index is 5.98. The van der Waals surface area contributed by atoms with E-state index in [0.29, 0.717) is 28.3 Å². The van der Waals surface area contributed by atoms with Gasteiger partial charge in [0.05, 0.1) is 6.54 Å². The van der Waals surface area contributed by atoms with Crippen LogP contribution in [0.25, 0.3) is 11.4 Å². The maximum Gasteiger partial charge on any atom is 0.241 e. The summed E-state index contributed by atoms with van der Waals surface area (Å²) < 4.78 is 5.29. The molecular formula is C13H14Cl2N4O. The van der Waals surface area contributed by atoms with Gasteiger partial charge >= 0.3 is 0 Å². The van der Waals surface area contributed by atoms with Gasteiger partial charge in [0.2, 0.25) is 11.7 Å². The summed E-state index contributed by atoms with van der Waals surface area (Å²) in [5, 5.41) is 8.41. The summed E-state index contributed by atoms with van der Waals surface area (Å²) in [5.41, 5.74) is 0.762. The van der Waals surface area contributed by atoms with Crippen LogP contribution in [-0.4, -0.2) is 41.2 Å². The largest absolute Gasteiger partial charge is 0.338 e. The minimum atomic E-state index is 0.513. The number of hydrogen-bond donors (Lipinski definition) is 1. The van der Waals surface area contributed by atoms with Crippen LogP contribution < -0.4 is 5.32 Å². The van der Waals surface area contributed by atoms with E-state index in [1.54, 1.807) is 18.2 Å². The van der Waals surface area contributed by atoms with Crippen molar-refractivity contribution in [2.45, 2.75) is 6.54 Å². The molecule has 106 valence electrons. The zero-order valence-electron chi connectivity index (χ0n) is 10.8. The van der Waals surface area contributed by atoms with Crippen molar-refractivity contribution in [2.24, 2.45) is 0 Å². The molecule has 0 bridgehead atoms. The first-order valence-electron chi connectivity index (χ1n) is 6.43. The number of rotatable bonds is 3. The molecule has 0 atom stereocenters. The second kappa shape index (κ2) is 6.10. The molecule has 0 saturated carbocycles. The molecule has 3 rings (SSSR count). The maximum absolute atomic E-state index is 5.98. The van der Waals surface area contributed by atoms with Crippen molar-refractivity contribution in [1.29, 1.82) is 0 Å². The standard InChI is InChI=1S/C13H14Cl2N4O/c14-10-5-9(6-11(15)7-10)13-17-12(20-18-13)8-19-3-1-16-2-4-19/h5-7,16H,1-4,8H2. The molecule has 1 aromatic carbocycles. The normalized spacial score (nSPS) is 16.5. The van der Waals surface area contributed by atoms with Crippen molar-refractivity contribution in [3.63, 3.8) is 0 Å². The van der Waals surface area contributed by atoms with Crippen molar-refractivity contribution >= 4 is 23.2 Å². The lowest BCUT2D eigenvalue weighted by Gasteiger charge is -2.25. The van der Waals surface area contributed by atoms with Gasteiger partial charge in [0, 0.05) is 41.8 Å². The molecule has 2 heterocycles. The molecule has 1 aliphatic heterocycles. The van der Waals surface area contributed by atoms with E-state index in [4.69, 9.17) is 27.7 Å². The van der Waals surface area contributed by atoms with Crippen LogP contribution >= 0.6 is 23.2 Å². The lowest BCUT2D eigenvalue weighted by molar-refractivity contribution is 0.203. The first-order chi connectivity index (χ1) is 9.70. The van der Waals surface area contributed by atoms with E-state index < -0.39 is 0 Å². The fourth-order valence-electron chi connectivity index (χ4n) is 2.18. The number of nitrogens with zero attached hydrogens (tertiary/aromatic N) is 3. The molecule has 0 radical (unpaired) electrons. The van der Waals surface area contributed by atoms with E-state index >= 15 is 0 Å². The number of nitrogens with one attached hydrogen (secondary N) is 1. The smallest absolute Gasteiger partial charge is 0.241 e. The average Bonchev–Trinajstić information content (AvgIpc) is 2.87. The third-order valence-electron chi connectivity index (χ3n) is 3.16. The molecule has 1 saturated heterocycles. The van der Waals surface area contributed by atoms with E-state index in [1.165, 1.54) is 0 Å². The Morgan fingerprint density at radius 1 is 1.15 bits per heavy atom. The highest BCUT2D eigenvalue weighted by Crippen LogP contribution is 2.25. The second-order valence-electron chi connectivity index (χ2n) is 4.70. The minimum Gasteiger partial charge on any atom is -0.338 e. The molecule has 0 aliphatic carbocycles. The summed E-state index contributed by atoms with van der Waals surface area (Å²) in [6.45, 7) is 4.63. The van der Waals surface area contributed by atoms with Crippen molar-refractivity contribution in [2.75, 3.05) is 26.2 Å². The van der Waals surface area contributed by atoms with Crippen LogP contribution in [0.5, 0.6) is 0 Å². The topological polar surface area (TPSA) is 54.2 Å². The monoisotopic (exact) mass is 312 g/mol. The van der Waals surface area contributed by atoms with Gasteiger partial charge in [0.15, 0.2) is 0 Å². The third-order valence-corrected chi connectivity index (χ3v) is 3.59. The fourth-order valence-corrected chi connectivity index (χ4v) is 2.71. The van der Waals surface area contributed by atoms with Crippen LogP contribution in [0.4, 0.5) is 0 Å². The molecule has 0 spiro atoms. The summed E-state index contributed by atoms with van der Waals surface area (Å²) in [7, 11) is 0. The summed E-state index contributed by atoms with van der Waals surface area (Å²) in [4.78, 5) is 6.68. The van der Waals surface area contributed by atoms with E-state index in [9.17, 15) is 0 Å². The first-order valence-corrected chi connectivity index (χ1v) is 7.18. The average molecular weight is 313 g/mol. The zero-order valence-corrected chi connectivity index (χ0v) is 12.3. The molecule has 7 heteroatoms. The molecule has 1 N–H and O–H groups in total. The lowest BCUT2D eigenvalue weighted by atomic mass is 10.2. The second-order valence-corrected chi connectivity index (χ2v) is 5.57. The Balaban J connectivity index is 1.75. The Morgan fingerprint density at radius 3 is 2.55 bits per heavy atom. The van der Waals surface area contributed by atoms with E-state index in [0.717, 1.165) is 31.7 Å². The number of aromatic nitrogens is 2. The number of hydrogen-bond acceptors (Lipinski definition) is 5. The quantitative estimate of drug-likeness (QED) is 0.943. The molecule has 1 aliphatic rings. The fraction of sp³-hybridized carbons (Fsp3) is 0.385. The van der Waals surface area contributed by atoms with Gasteiger partial charge in [-0.15, -0.1) is 0 Å². The number of halogens is 2. The summed E-state index contributed by atoms with van der Waals surface area (Å²) in [6, 6.07) is 5.22. The van der Waals surface area contributed by atoms with Gasteiger partial charge in [0.25, 0.3) is 0 Å². The summed E-state index contributed by atoms with van der Waals surface area (Å²) >= 11 is 12.0. The highest BCUT2D eigenvalue weighted by Gasteiger charge is 2.15. The van der Waals surface area contributed by atoms with E-state index in [-0.39, 0.29) is 0 Å². The molecule has 20 heavy (non-hydrogen) atoms. The Hall–Kier alpha value is -1.14. The highest BCUT2D eigenvalue weighted by molar-refractivity contribution is 6.35. The molecular weight excluding hydrogens is 299 g/mol. The van der Waals surface area contributed by atoms with Crippen LogP contribution in [0, 0.1) is 0 Å². The first kappa shape index (κ1) is 13.8. The van der Waals surface area contributed by atoms with Crippen LogP contribution in [0.3, 0.4) is 0 Å². The van der Waals surface area contributed by atoms with Gasteiger partial charge in [0.1, 0.15) is 0 Å². The van der Waals surface area contributed by atoms with Gasteiger partial charge in [-0.1, -0.05) is 28.4 Å². The highest BCUT2D eigenvalue weighted by atomic mass is 35.5. The number of piperazine rings is 1. The Bertz CT molecular complexity index is 576. The van der Waals surface area contributed by atoms with Gasteiger partial charge < -0.3 is 9.84 Å². The Morgan fingerprint density at radius 2 is 1.85 bits per heavy atom. The number of benzene rings is 1. The van der Waals surface area contributed by atoms with Crippen LogP contribution in [-0.2, 0) is 6.54 Å². The predicted octanol–water partition coefficient (Wildman–Crippen LogP) is 2.45. The minimum absolute atomic E-state index is 0.513. The molecule has 2 aromatic rings. The van der Waals surface area contributed by atoms with E-state index in [2.05, 4.69) is 20.4 Å². The summed E-state index contributed by atoms with van der Waals surface area (Å²) in [5.74, 6) is 1.12. The van der Waals surface area contributed by atoms with Gasteiger partial charge in [-0.25, -0.2) is 0 Å². The van der Waals surface area contributed by atoms with Crippen molar-refractivity contribution in [3.05, 3.63) is 34.1 Å². The molecule has 1 aromatic heterocycles. The van der Waals surface area contributed by atoms with Gasteiger partial charge in [-0.3, -0.25) is 4.90 Å². The van der Waals surface area contributed by atoms with Crippen molar-refractivity contribution in [1.82, 2.24) is 20.4 Å². The predicted molar refractivity (Wildman–Crippen MR) is 77.9 cm³/mol. The Kier molecular flexibility index (Phi) is 4.21. The van der Waals surface area contributed by atoms with E-state index in [1.807, 2.05) is 0 Å². The summed E-state index contributed by atoms with van der Waals surface area (Å²) in [6.07, 6.45) is 0.